The fourth-order valence-corrected chi connectivity index (χ4v) is 3.79. The van der Waals surface area contributed by atoms with Crippen LogP contribution in [0.4, 0.5) is 5.69 Å². The maximum Gasteiger partial charge on any atom is 0.280 e. The standard InChI is InChI=1S/C26H26N4O2/c1-4-29(5-2)21-15-13-19(14-16-21)25(31)28-30-24(20-10-8-9-18(3)17-20)27-23-12-7-6-11-22(23)26(30)32/h6-17H,4-5H2,1-3H3,(H,28,31). The van der Waals surface area contributed by atoms with Gasteiger partial charge in [-0.1, -0.05) is 35.9 Å². The van der Waals surface area contributed by atoms with E-state index in [0.29, 0.717) is 22.3 Å². The van der Waals surface area contributed by atoms with Crippen LogP contribution in [-0.2, 0) is 0 Å². The van der Waals surface area contributed by atoms with Gasteiger partial charge in [0.25, 0.3) is 11.5 Å². The summed E-state index contributed by atoms with van der Waals surface area (Å²) in [5.74, 6) is 0.0229. The lowest BCUT2D eigenvalue weighted by molar-refractivity contribution is 0.101. The highest BCUT2D eigenvalue weighted by Gasteiger charge is 2.16. The van der Waals surface area contributed by atoms with Crippen LogP contribution in [0, 0.1) is 6.92 Å². The zero-order valence-electron chi connectivity index (χ0n) is 18.5. The van der Waals surface area contributed by atoms with E-state index in [9.17, 15) is 9.59 Å². The Labute approximate surface area is 187 Å². The Morgan fingerprint density at radius 1 is 0.969 bits per heavy atom. The number of para-hydroxylation sites is 1. The first-order valence-electron chi connectivity index (χ1n) is 10.8. The van der Waals surface area contributed by atoms with Crippen LogP contribution in [0.2, 0.25) is 0 Å². The van der Waals surface area contributed by atoms with Crippen LogP contribution in [0.3, 0.4) is 0 Å². The molecule has 6 heteroatoms. The van der Waals surface area contributed by atoms with Crippen molar-refractivity contribution in [2.75, 3.05) is 23.4 Å². The summed E-state index contributed by atoms with van der Waals surface area (Å²) in [4.78, 5) is 33.3. The van der Waals surface area contributed by atoms with Crippen molar-refractivity contribution in [3.63, 3.8) is 0 Å². The number of fused-ring (bicyclic) bond motifs is 1. The Kier molecular flexibility index (Phi) is 6.03. The molecule has 1 heterocycles. The molecule has 0 atom stereocenters. The topological polar surface area (TPSA) is 67.2 Å². The average molecular weight is 427 g/mol. The number of rotatable bonds is 6. The molecule has 0 saturated carbocycles. The van der Waals surface area contributed by atoms with Gasteiger partial charge in [0.2, 0.25) is 0 Å². The van der Waals surface area contributed by atoms with E-state index in [4.69, 9.17) is 4.98 Å². The van der Waals surface area contributed by atoms with E-state index >= 15 is 0 Å². The molecular formula is C26H26N4O2. The van der Waals surface area contributed by atoms with Crippen molar-refractivity contribution in [2.24, 2.45) is 0 Å². The van der Waals surface area contributed by atoms with Crippen LogP contribution < -0.4 is 15.9 Å². The minimum absolute atomic E-state index is 0.319. The minimum atomic E-state index is -0.371. The number of nitrogens with zero attached hydrogens (tertiary/aromatic N) is 3. The molecule has 0 spiro atoms. The van der Waals surface area contributed by atoms with Crippen molar-refractivity contribution >= 4 is 22.5 Å². The molecule has 4 rings (SSSR count). The molecular weight excluding hydrogens is 400 g/mol. The summed E-state index contributed by atoms with van der Waals surface area (Å²) in [6, 6.07) is 22.2. The van der Waals surface area contributed by atoms with Gasteiger partial charge in [-0.05, 0) is 63.2 Å². The van der Waals surface area contributed by atoms with Gasteiger partial charge < -0.3 is 4.90 Å². The number of aryl methyl sites for hydroxylation is 1. The first kappa shape index (κ1) is 21.3. The summed E-state index contributed by atoms with van der Waals surface area (Å²) >= 11 is 0. The third-order valence-corrected chi connectivity index (χ3v) is 5.52. The first-order chi connectivity index (χ1) is 15.5. The molecule has 0 saturated heterocycles. The van der Waals surface area contributed by atoms with Crippen LogP contribution in [-0.4, -0.2) is 28.7 Å². The Hall–Kier alpha value is -3.93. The number of hydrogen-bond acceptors (Lipinski definition) is 4. The summed E-state index contributed by atoms with van der Waals surface area (Å²) in [5.41, 5.74) is 6.35. The van der Waals surface area contributed by atoms with E-state index in [1.54, 1.807) is 30.3 Å². The van der Waals surface area contributed by atoms with Gasteiger partial charge in [-0.15, -0.1) is 0 Å². The summed E-state index contributed by atoms with van der Waals surface area (Å²) in [7, 11) is 0. The maximum absolute atomic E-state index is 13.3. The zero-order valence-corrected chi connectivity index (χ0v) is 18.5. The molecule has 0 aliphatic carbocycles. The van der Waals surface area contributed by atoms with E-state index in [-0.39, 0.29) is 11.5 Å². The quantitative estimate of drug-likeness (QED) is 0.489. The van der Waals surface area contributed by atoms with Gasteiger partial charge in [0.05, 0.1) is 10.9 Å². The zero-order chi connectivity index (χ0) is 22.7. The second kappa shape index (κ2) is 9.06. The molecule has 0 unspecified atom stereocenters. The number of carbonyl (C=O) groups is 1. The maximum atomic E-state index is 13.3. The molecule has 1 N–H and O–H groups in total. The van der Waals surface area contributed by atoms with Gasteiger partial charge in [-0.3, -0.25) is 15.0 Å². The van der Waals surface area contributed by atoms with Crippen LogP contribution in [0.25, 0.3) is 22.3 Å². The normalized spacial score (nSPS) is 10.8. The molecule has 3 aromatic carbocycles. The SMILES string of the molecule is CCN(CC)c1ccc(C(=O)Nn2c(-c3cccc(C)c3)nc3ccccc3c2=O)cc1. The van der Waals surface area contributed by atoms with E-state index in [0.717, 1.165) is 29.9 Å². The molecule has 1 aromatic heterocycles. The summed E-state index contributed by atoms with van der Waals surface area (Å²) in [5, 5.41) is 0.445. The number of nitrogens with one attached hydrogen (secondary N) is 1. The second-order valence-corrected chi connectivity index (χ2v) is 7.62. The Balaban J connectivity index is 1.76. The molecule has 0 bridgehead atoms. The van der Waals surface area contributed by atoms with Crippen LogP contribution in [0.5, 0.6) is 0 Å². The predicted octanol–water partition coefficient (Wildman–Crippen LogP) is 4.60. The van der Waals surface area contributed by atoms with Crippen molar-refractivity contribution in [3.05, 3.63) is 94.3 Å². The molecule has 162 valence electrons. The lowest BCUT2D eigenvalue weighted by atomic mass is 10.1. The second-order valence-electron chi connectivity index (χ2n) is 7.62. The number of anilines is 1. The number of carbonyl (C=O) groups excluding carboxylic acids is 1. The average Bonchev–Trinajstić information content (AvgIpc) is 2.82. The summed E-state index contributed by atoms with van der Waals surface area (Å²) < 4.78 is 1.25. The highest BCUT2D eigenvalue weighted by atomic mass is 16.2. The Morgan fingerprint density at radius 3 is 2.38 bits per heavy atom. The van der Waals surface area contributed by atoms with Gasteiger partial charge in [0.15, 0.2) is 5.82 Å². The van der Waals surface area contributed by atoms with Crippen molar-refractivity contribution in [1.29, 1.82) is 0 Å². The molecule has 4 aromatic rings. The fourth-order valence-electron chi connectivity index (χ4n) is 3.79. The number of benzene rings is 3. The highest BCUT2D eigenvalue weighted by Crippen LogP contribution is 2.20. The molecule has 0 radical (unpaired) electrons. The minimum Gasteiger partial charge on any atom is -0.372 e. The van der Waals surface area contributed by atoms with E-state index in [1.165, 1.54) is 4.68 Å². The predicted molar refractivity (Wildman–Crippen MR) is 130 cm³/mol. The van der Waals surface area contributed by atoms with Crippen molar-refractivity contribution < 1.29 is 4.79 Å². The molecule has 32 heavy (non-hydrogen) atoms. The lowest BCUT2D eigenvalue weighted by Gasteiger charge is -2.21. The monoisotopic (exact) mass is 426 g/mol. The third-order valence-electron chi connectivity index (χ3n) is 5.52. The third kappa shape index (κ3) is 4.12. The van der Waals surface area contributed by atoms with Crippen LogP contribution in [0.15, 0.2) is 77.6 Å². The van der Waals surface area contributed by atoms with Crippen LogP contribution >= 0.6 is 0 Å². The lowest BCUT2D eigenvalue weighted by Crippen LogP contribution is -2.35. The molecule has 1 amide bonds. The molecule has 0 fully saturated rings. The van der Waals surface area contributed by atoms with Crippen molar-refractivity contribution in [2.45, 2.75) is 20.8 Å². The van der Waals surface area contributed by atoms with Crippen LogP contribution in [0.1, 0.15) is 29.8 Å². The molecule has 0 aliphatic heterocycles. The van der Waals surface area contributed by atoms with Gasteiger partial charge in [0.1, 0.15) is 0 Å². The highest BCUT2D eigenvalue weighted by molar-refractivity contribution is 6.00. The Morgan fingerprint density at radius 2 is 1.69 bits per heavy atom. The summed E-state index contributed by atoms with van der Waals surface area (Å²) in [6.07, 6.45) is 0. The summed E-state index contributed by atoms with van der Waals surface area (Å²) in [6.45, 7) is 7.94. The Bertz CT molecular complexity index is 1320. The number of amides is 1. The van der Waals surface area contributed by atoms with Crippen molar-refractivity contribution in [3.8, 4) is 11.4 Å². The van der Waals surface area contributed by atoms with Crippen molar-refractivity contribution in [1.82, 2.24) is 9.66 Å². The first-order valence-corrected chi connectivity index (χ1v) is 10.8. The van der Waals surface area contributed by atoms with Gasteiger partial charge >= 0.3 is 0 Å². The van der Waals surface area contributed by atoms with E-state index < -0.39 is 0 Å². The van der Waals surface area contributed by atoms with Gasteiger partial charge in [-0.25, -0.2) is 4.98 Å². The fraction of sp³-hybridized carbons (Fsp3) is 0.192. The van der Waals surface area contributed by atoms with Gasteiger partial charge in [-0.2, -0.15) is 4.68 Å². The smallest absolute Gasteiger partial charge is 0.280 e. The van der Waals surface area contributed by atoms with Gasteiger partial charge in [0, 0.05) is 29.9 Å². The number of aromatic nitrogens is 2. The molecule has 6 nitrogen and oxygen atoms in total. The largest absolute Gasteiger partial charge is 0.372 e. The van der Waals surface area contributed by atoms with E-state index in [2.05, 4.69) is 24.2 Å². The van der Waals surface area contributed by atoms with E-state index in [1.807, 2.05) is 49.4 Å². The molecule has 0 aliphatic rings. The number of hydrogen-bond donors (Lipinski definition) is 1.